The predicted molar refractivity (Wildman–Crippen MR) is 70.2 cm³/mol. The number of rotatable bonds is 3. The van der Waals surface area contributed by atoms with Crippen LogP contribution in [-0.4, -0.2) is 40.0 Å². The van der Waals surface area contributed by atoms with E-state index < -0.39 is 0 Å². The summed E-state index contributed by atoms with van der Waals surface area (Å²) in [6, 6.07) is 0. The number of piperidine rings is 1. The van der Waals surface area contributed by atoms with Crippen LogP contribution in [0, 0.1) is 12.8 Å². The molecule has 1 aromatic heterocycles. The van der Waals surface area contributed by atoms with Crippen LogP contribution < -0.4 is 11.5 Å². The number of nitrogens with one attached hydrogen (secondary N) is 1. The molecule has 2 rings (SSSR count). The lowest BCUT2D eigenvalue weighted by Gasteiger charge is -2.31. The maximum absolute atomic E-state index is 12.2. The van der Waals surface area contributed by atoms with Crippen LogP contribution in [0.1, 0.15) is 35.4 Å². The molecule has 104 valence electrons. The Morgan fingerprint density at radius 2 is 2.05 bits per heavy atom. The topological polar surface area (TPSA) is 118 Å². The number of H-pyrrole nitrogens is 1. The molecule has 7 heteroatoms. The number of carbonyl (C=O) groups is 2. The van der Waals surface area contributed by atoms with Gasteiger partial charge in [0.2, 0.25) is 5.91 Å². The van der Waals surface area contributed by atoms with Crippen LogP contribution in [0.15, 0.2) is 0 Å². The number of aromatic amines is 1. The quantitative estimate of drug-likeness (QED) is 0.714. The molecule has 1 saturated heterocycles. The first-order chi connectivity index (χ1) is 8.99. The normalized spacial score (nSPS) is 16.6. The first kappa shape index (κ1) is 13.4. The van der Waals surface area contributed by atoms with E-state index in [1.807, 2.05) is 0 Å². The number of nitrogens with zero attached hydrogens (tertiary/aromatic N) is 2. The summed E-state index contributed by atoms with van der Waals surface area (Å²) in [4.78, 5) is 24.8. The summed E-state index contributed by atoms with van der Waals surface area (Å²) >= 11 is 0. The summed E-state index contributed by atoms with van der Waals surface area (Å²) < 4.78 is 0. The van der Waals surface area contributed by atoms with E-state index in [9.17, 15) is 9.59 Å². The van der Waals surface area contributed by atoms with Gasteiger partial charge in [-0.2, -0.15) is 5.10 Å². The van der Waals surface area contributed by atoms with Crippen molar-refractivity contribution in [2.45, 2.75) is 26.2 Å². The molecule has 0 aromatic carbocycles. The Balaban J connectivity index is 1.96. The minimum Gasteiger partial charge on any atom is -0.395 e. The lowest BCUT2D eigenvalue weighted by atomic mass is 9.93. The van der Waals surface area contributed by atoms with Crippen LogP contribution in [-0.2, 0) is 4.79 Å². The number of anilines is 1. The molecule has 7 nitrogen and oxygen atoms in total. The van der Waals surface area contributed by atoms with Gasteiger partial charge in [-0.3, -0.25) is 14.7 Å². The van der Waals surface area contributed by atoms with Crippen molar-refractivity contribution < 1.29 is 9.59 Å². The monoisotopic (exact) mass is 265 g/mol. The fraction of sp³-hybridized carbons (Fsp3) is 0.583. The zero-order valence-corrected chi connectivity index (χ0v) is 11.0. The fourth-order valence-electron chi connectivity index (χ4n) is 2.38. The number of carbonyl (C=O) groups excluding carboxylic acids is 2. The molecule has 1 aliphatic rings. The Morgan fingerprint density at radius 3 is 2.53 bits per heavy atom. The van der Waals surface area contributed by atoms with Crippen LogP contribution in [0.25, 0.3) is 0 Å². The predicted octanol–water partition coefficient (Wildman–Crippen LogP) is 0.0279. The van der Waals surface area contributed by atoms with Crippen molar-refractivity contribution in [3.8, 4) is 0 Å². The molecular formula is C12H19N5O2. The summed E-state index contributed by atoms with van der Waals surface area (Å²) in [5.74, 6) is -0.156. The average molecular weight is 265 g/mol. The van der Waals surface area contributed by atoms with Gasteiger partial charge in [0.15, 0.2) is 5.69 Å². The number of aromatic nitrogens is 2. The number of aryl methyl sites for hydroxylation is 1. The standard InChI is InChI=1S/C12H19N5O2/c1-7-10(14)11(16-15-7)12(19)17-4-2-8(3-5-17)6-9(13)18/h8H,2-6,14H2,1H3,(H2,13,18)(H,15,16). The van der Waals surface area contributed by atoms with Crippen molar-refractivity contribution in [3.63, 3.8) is 0 Å². The minimum absolute atomic E-state index is 0.153. The van der Waals surface area contributed by atoms with E-state index >= 15 is 0 Å². The second-order valence-electron chi connectivity index (χ2n) is 5.02. The van der Waals surface area contributed by atoms with Crippen LogP contribution in [0.5, 0.6) is 0 Å². The van der Waals surface area contributed by atoms with E-state index in [0.717, 1.165) is 12.8 Å². The molecule has 0 spiro atoms. The highest BCUT2D eigenvalue weighted by molar-refractivity contribution is 5.97. The second-order valence-corrected chi connectivity index (χ2v) is 5.02. The average Bonchev–Trinajstić information content (AvgIpc) is 2.69. The number of hydrogen-bond acceptors (Lipinski definition) is 4. The van der Waals surface area contributed by atoms with Crippen LogP contribution >= 0.6 is 0 Å². The van der Waals surface area contributed by atoms with E-state index in [-0.39, 0.29) is 23.4 Å². The van der Waals surface area contributed by atoms with Gasteiger partial charge in [0, 0.05) is 19.5 Å². The molecule has 0 radical (unpaired) electrons. The van der Waals surface area contributed by atoms with Gasteiger partial charge < -0.3 is 16.4 Å². The molecule has 19 heavy (non-hydrogen) atoms. The Morgan fingerprint density at radius 1 is 1.42 bits per heavy atom. The molecule has 0 bridgehead atoms. The first-order valence-corrected chi connectivity index (χ1v) is 6.37. The summed E-state index contributed by atoms with van der Waals surface area (Å²) in [6.45, 7) is 3.00. The molecule has 0 aliphatic carbocycles. The third-order valence-corrected chi connectivity index (χ3v) is 3.59. The highest BCUT2D eigenvalue weighted by atomic mass is 16.2. The first-order valence-electron chi connectivity index (χ1n) is 6.37. The van der Waals surface area contributed by atoms with Crippen LogP contribution in [0.2, 0.25) is 0 Å². The summed E-state index contributed by atoms with van der Waals surface area (Å²) in [6.07, 6.45) is 1.97. The zero-order valence-electron chi connectivity index (χ0n) is 11.0. The number of nitrogen functional groups attached to an aromatic ring is 1. The van der Waals surface area contributed by atoms with Gasteiger partial charge in [0.05, 0.1) is 11.4 Å². The van der Waals surface area contributed by atoms with Gasteiger partial charge in [-0.15, -0.1) is 0 Å². The molecule has 2 amide bonds. The Hall–Kier alpha value is -2.05. The minimum atomic E-state index is -0.281. The molecule has 2 heterocycles. The lowest BCUT2D eigenvalue weighted by molar-refractivity contribution is -0.119. The third-order valence-electron chi connectivity index (χ3n) is 3.59. The van der Waals surface area contributed by atoms with E-state index in [1.165, 1.54) is 0 Å². The lowest BCUT2D eigenvalue weighted by Crippen LogP contribution is -2.39. The molecule has 1 aliphatic heterocycles. The smallest absolute Gasteiger partial charge is 0.276 e. The van der Waals surface area contributed by atoms with Crippen molar-refractivity contribution in [2.75, 3.05) is 18.8 Å². The molecule has 1 aromatic rings. The maximum atomic E-state index is 12.2. The van der Waals surface area contributed by atoms with Crippen molar-refractivity contribution in [1.29, 1.82) is 0 Å². The Labute approximate surface area is 111 Å². The van der Waals surface area contributed by atoms with Crippen molar-refractivity contribution >= 4 is 17.5 Å². The zero-order chi connectivity index (χ0) is 14.0. The molecule has 0 saturated carbocycles. The van der Waals surface area contributed by atoms with Crippen molar-refractivity contribution in [2.24, 2.45) is 11.7 Å². The highest BCUT2D eigenvalue weighted by Gasteiger charge is 2.27. The summed E-state index contributed by atoms with van der Waals surface area (Å²) in [7, 11) is 0. The second kappa shape index (κ2) is 5.29. The number of amides is 2. The van der Waals surface area contributed by atoms with E-state index in [1.54, 1.807) is 11.8 Å². The van der Waals surface area contributed by atoms with Gasteiger partial charge in [-0.25, -0.2) is 0 Å². The molecule has 1 fully saturated rings. The SMILES string of the molecule is Cc1[nH]nc(C(=O)N2CCC(CC(N)=O)CC2)c1N. The van der Waals surface area contributed by atoms with E-state index in [2.05, 4.69) is 10.2 Å². The molecule has 0 unspecified atom stereocenters. The Bertz CT molecular complexity index is 488. The maximum Gasteiger partial charge on any atom is 0.276 e. The molecule has 5 N–H and O–H groups in total. The van der Waals surface area contributed by atoms with Crippen LogP contribution in [0.3, 0.4) is 0 Å². The number of nitrogens with two attached hydrogens (primary N) is 2. The van der Waals surface area contributed by atoms with E-state index in [4.69, 9.17) is 11.5 Å². The molecular weight excluding hydrogens is 246 g/mol. The van der Waals surface area contributed by atoms with Gasteiger partial charge in [0.25, 0.3) is 5.91 Å². The highest BCUT2D eigenvalue weighted by Crippen LogP contribution is 2.23. The summed E-state index contributed by atoms with van der Waals surface area (Å²) in [5.41, 5.74) is 12.4. The van der Waals surface area contributed by atoms with Gasteiger partial charge in [0.1, 0.15) is 0 Å². The van der Waals surface area contributed by atoms with Crippen LogP contribution in [0.4, 0.5) is 5.69 Å². The summed E-state index contributed by atoms with van der Waals surface area (Å²) in [5, 5.41) is 6.65. The largest absolute Gasteiger partial charge is 0.395 e. The van der Waals surface area contributed by atoms with Crippen molar-refractivity contribution in [3.05, 3.63) is 11.4 Å². The van der Waals surface area contributed by atoms with E-state index in [0.29, 0.717) is 30.9 Å². The number of hydrogen-bond donors (Lipinski definition) is 3. The number of likely N-dealkylation sites (tertiary alicyclic amines) is 1. The van der Waals surface area contributed by atoms with Gasteiger partial charge in [-0.05, 0) is 25.7 Å². The van der Waals surface area contributed by atoms with Gasteiger partial charge >= 0.3 is 0 Å². The Kier molecular flexibility index (Phi) is 3.73. The number of primary amides is 1. The fourth-order valence-corrected chi connectivity index (χ4v) is 2.38. The van der Waals surface area contributed by atoms with Gasteiger partial charge in [-0.1, -0.05) is 0 Å². The molecule has 0 atom stereocenters. The van der Waals surface area contributed by atoms with Crippen molar-refractivity contribution in [1.82, 2.24) is 15.1 Å². The third kappa shape index (κ3) is 2.86.